The molecule has 1 amide bonds. The highest BCUT2D eigenvalue weighted by atomic mass is 32.2. The molecule has 1 aliphatic rings. The number of hydrogen-bond acceptors (Lipinski definition) is 6. The second kappa shape index (κ2) is 6.99. The van der Waals surface area contributed by atoms with Gasteiger partial charge in [0.1, 0.15) is 5.75 Å². The lowest BCUT2D eigenvalue weighted by Gasteiger charge is -2.16. The molecule has 2 atom stereocenters. The van der Waals surface area contributed by atoms with Crippen LogP contribution in [0.3, 0.4) is 0 Å². The van der Waals surface area contributed by atoms with Crippen molar-refractivity contribution in [2.24, 2.45) is 0 Å². The molecule has 1 saturated heterocycles. The fourth-order valence-electron chi connectivity index (χ4n) is 2.30. The number of rotatable bonds is 5. The molecule has 7 nitrogen and oxygen atoms in total. The van der Waals surface area contributed by atoms with Crippen molar-refractivity contribution in [3.05, 3.63) is 29.8 Å². The normalized spacial score (nSPS) is 20.7. The van der Waals surface area contributed by atoms with E-state index in [9.17, 15) is 18.0 Å². The molecule has 1 heterocycles. The summed E-state index contributed by atoms with van der Waals surface area (Å²) >= 11 is 0. The van der Waals surface area contributed by atoms with Crippen molar-refractivity contribution in [2.45, 2.75) is 31.9 Å². The lowest BCUT2D eigenvalue weighted by atomic mass is 10.1. The molecule has 0 bridgehead atoms. The number of nitrogens with one attached hydrogen (secondary N) is 1. The van der Waals surface area contributed by atoms with Crippen LogP contribution in [0, 0.1) is 0 Å². The van der Waals surface area contributed by atoms with Gasteiger partial charge in [-0.3, -0.25) is 9.59 Å². The molecule has 1 fully saturated rings. The third kappa shape index (κ3) is 5.24. The largest absolute Gasteiger partial charge is 0.508 e. The van der Waals surface area contributed by atoms with Crippen LogP contribution in [0.25, 0.3) is 0 Å². The van der Waals surface area contributed by atoms with Crippen molar-refractivity contribution in [2.75, 3.05) is 11.5 Å². The highest BCUT2D eigenvalue weighted by Crippen LogP contribution is 2.13. The SMILES string of the molecule is C[C@H](OC(=O)Cc1ccc(O)cc1)C(=O)N[C@@H]1CCS(=O)(=O)C1. The molecule has 0 aromatic heterocycles. The van der Waals surface area contributed by atoms with Crippen molar-refractivity contribution in [3.63, 3.8) is 0 Å². The zero-order valence-electron chi connectivity index (χ0n) is 12.7. The Morgan fingerprint density at radius 2 is 2.00 bits per heavy atom. The van der Waals surface area contributed by atoms with E-state index in [1.807, 2.05) is 0 Å². The second-order valence-corrected chi connectivity index (χ2v) is 7.81. The Kier molecular flexibility index (Phi) is 5.25. The highest BCUT2D eigenvalue weighted by Gasteiger charge is 2.30. The summed E-state index contributed by atoms with van der Waals surface area (Å²) in [4.78, 5) is 23.7. The number of carbonyl (C=O) groups excluding carboxylic acids is 2. The lowest BCUT2D eigenvalue weighted by molar-refractivity contribution is -0.154. The molecule has 0 spiro atoms. The van der Waals surface area contributed by atoms with Crippen molar-refractivity contribution in [1.82, 2.24) is 5.32 Å². The Balaban J connectivity index is 1.81. The number of phenolic OH excluding ortho intramolecular Hbond substituents is 1. The average Bonchev–Trinajstić information content (AvgIpc) is 2.80. The quantitative estimate of drug-likeness (QED) is 0.739. The van der Waals surface area contributed by atoms with Crippen LogP contribution in [0.15, 0.2) is 24.3 Å². The second-order valence-electron chi connectivity index (χ2n) is 5.58. The molecular weight excluding hydrogens is 322 g/mol. The average molecular weight is 341 g/mol. The zero-order valence-corrected chi connectivity index (χ0v) is 13.5. The number of esters is 1. The van der Waals surface area contributed by atoms with Crippen LogP contribution in [-0.4, -0.2) is 49.1 Å². The maximum Gasteiger partial charge on any atom is 0.311 e. The first kappa shape index (κ1) is 17.3. The van der Waals surface area contributed by atoms with Gasteiger partial charge in [-0.1, -0.05) is 12.1 Å². The predicted molar refractivity (Wildman–Crippen MR) is 82.6 cm³/mol. The van der Waals surface area contributed by atoms with E-state index in [1.54, 1.807) is 12.1 Å². The molecule has 0 aliphatic carbocycles. The summed E-state index contributed by atoms with van der Waals surface area (Å²) < 4.78 is 27.7. The number of phenols is 1. The summed E-state index contributed by atoms with van der Waals surface area (Å²) in [7, 11) is -3.08. The van der Waals surface area contributed by atoms with Crippen molar-refractivity contribution >= 4 is 21.7 Å². The molecule has 23 heavy (non-hydrogen) atoms. The third-order valence-corrected chi connectivity index (χ3v) is 5.31. The topological polar surface area (TPSA) is 110 Å². The molecule has 0 saturated carbocycles. The van der Waals surface area contributed by atoms with Crippen LogP contribution in [0.2, 0.25) is 0 Å². The standard InChI is InChI=1S/C15H19NO6S/c1-10(15(19)16-12-6-7-23(20,21)9-12)22-14(18)8-11-2-4-13(17)5-3-11/h2-5,10,12,17H,6-9H2,1H3,(H,16,19)/t10-,12+/m0/s1. The maximum atomic E-state index is 11.9. The van der Waals surface area contributed by atoms with Crippen LogP contribution in [0.5, 0.6) is 5.75 Å². The number of benzene rings is 1. The maximum absolute atomic E-state index is 11.9. The molecule has 2 rings (SSSR count). The summed E-state index contributed by atoms with van der Waals surface area (Å²) in [6.07, 6.45) is -0.638. The van der Waals surface area contributed by atoms with Gasteiger partial charge in [0.2, 0.25) is 0 Å². The fourth-order valence-corrected chi connectivity index (χ4v) is 3.97. The minimum Gasteiger partial charge on any atom is -0.508 e. The van der Waals surface area contributed by atoms with Crippen LogP contribution >= 0.6 is 0 Å². The van der Waals surface area contributed by atoms with Crippen molar-refractivity contribution in [1.29, 1.82) is 0 Å². The number of aromatic hydroxyl groups is 1. The molecule has 1 aromatic rings. The lowest BCUT2D eigenvalue weighted by Crippen LogP contribution is -2.42. The van der Waals surface area contributed by atoms with E-state index in [2.05, 4.69) is 5.32 Å². The highest BCUT2D eigenvalue weighted by molar-refractivity contribution is 7.91. The molecule has 1 aliphatic heterocycles. The zero-order chi connectivity index (χ0) is 17.0. The van der Waals surface area contributed by atoms with Crippen LogP contribution < -0.4 is 5.32 Å². The molecule has 1 aromatic carbocycles. The van der Waals surface area contributed by atoms with Gasteiger partial charge in [0.25, 0.3) is 5.91 Å². The summed E-state index contributed by atoms with van der Waals surface area (Å²) in [6, 6.07) is 5.67. The number of ether oxygens (including phenoxy) is 1. The smallest absolute Gasteiger partial charge is 0.311 e. The van der Waals surface area contributed by atoms with Crippen LogP contribution in [-0.2, 0) is 30.6 Å². The monoisotopic (exact) mass is 341 g/mol. The molecule has 0 radical (unpaired) electrons. The minimum atomic E-state index is -3.08. The first-order chi connectivity index (χ1) is 10.7. The Labute approximate surface area is 134 Å². The number of amides is 1. The van der Waals surface area contributed by atoms with Gasteiger partial charge < -0.3 is 15.2 Å². The van der Waals surface area contributed by atoms with Crippen molar-refractivity contribution in [3.8, 4) is 5.75 Å². The van der Waals surface area contributed by atoms with Gasteiger partial charge in [-0.05, 0) is 31.0 Å². The van der Waals surface area contributed by atoms with E-state index in [4.69, 9.17) is 9.84 Å². The van der Waals surface area contributed by atoms with Gasteiger partial charge in [-0.2, -0.15) is 0 Å². The first-order valence-electron chi connectivity index (χ1n) is 7.23. The number of carbonyl (C=O) groups is 2. The number of hydrogen-bond donors (Lipinski definition) is 2. The molecule has 2 N–H and O–H groups in total. The van der Waals surface area contributed by atoms with Gasteiger partial charge in [0, 0.05) is 6.04 Å². The minimum absolute atomic E-state index is 0.0181. The summed E-state index contributed by atoms with van der Waals surface area (Å²) in [6.45, 7) is 1.44. The predicted octanol–water partition coefficient (Wildman–Crippen LogP) is 0.170. The van der Waals surface area contributed by atoms with E-state index in [0.29, 0.717) is 12.0 Å². The van der Waals surface area contributed by atoms with E-state index in [0.717, 1.165) is 0 Å². The van der Waals surface area contributed by atoms with Gasteiger partial charge in [-0.15, -0.1) is 0 Å². The Morgan fingerprint density at radius 3 is 2.57 bits per heavy atom. The van der Waals surface area contributed by atoms with Gasteiger partial charge in [0.05, 0.1) is 17.9 Å². The Bertz CT molecular complexity index is 682. The molecule has 0 unspecified atom stereocenters. The molecule has 8 heteroatoms. The Morgan fingerprint density at radius 1 is 1.35 bits per heavy atom. The van der Waals surface area contributed by atoms with Gasteiger partial charge in [0.15, 0.2) is 15.9 Å². The fraction of sp³-hybridized carbons (Fsp3) is 0.467. The van der Waals surface area contributed by atoms with E-state index in [-0.39, 0.29) is 23.7 Å². The first-order valence-corrected chi connectivity index (χ1v) is 9.05. The van der Waals surface area contributed by atoms with Crippen molar-refractivity contribution < 1.29 is 27.9 Å². The summed E-state index contributed by atoms with van der Waals surface area (Å²) in [5.74, 6) is -0.996. The van der Waals surface area contributed by atoms with Crippen LogP contribution in [0.1, 0.15) is 18.9 Å². The summed E-state index contributed by atoms with van der Waals surface area (Å²) in [5, 5.41) is 11.8. The summed E-state index contributed by atoms with van der Waals surface area (Å²) in [5.41, 5.74) is 0.655. The molecular formula is C15H19NO6S. The van der Waals surface area contributed by atoms with Gasteiger partial charge >= 0.3 is 5.97 Å². The third-order valence-electron chi connectivity index (χ3n) is 3.54. The van der Waals surface area contributed by atoms with Gasteiger partial charge in [-0.25, -0.2) is 8.42 Å². The van der Waals surface area contributed by atoms with Crippen LogP contribution in [0.4, 0.5) is 0 Å². The van der Waals surface area contributed by atoms with E-state index < -0.39 is 33.9 Å². The number of sulfone groups is 1. The van der Waals surface area contributed by atoms with E-state index in [1.165, 1.54) is 19.1 Å². The Hall–Kier alpha value is -2.09. The van der Waals surface area contributed by atoms with E-state index >= 15 is 0 Å². The molecule has 126 valence electrons.